The number of ketones is 1. The Labute approximate surface area is 193 Å². The Morgan fingerprint density at radius 2 is 1.69 bits per heavy atom. The minimum absolute atomic E-state index is 0.0498. The van der Waals surface area contributed by atoms with Gasteiger partial charge in [-0.05, 0) is 75.0 Å². The number of amides is 1. The highest BCUT2D eigenvalue weighted by Gasteiger charge is 2.32. The molecule has 0 atom stereocenters. The van der Waals surface area contributed by atoms with Crippen molar-refractivity contribution in [3.05, 3.63) is 59.5 Å². The summed E-state index contributed by atoms with van der Waals surface area (Å²) in [6.07, 6.45) is 15.8. The van der Waals surface area contributed by atoms with Crippen LogP contribution in [0.2, 0.25) is 0 Å². The molecule has 0 bridgehead atoms. The summed E-state index contributed by atoms with van der Waals surface area (Å²) in [6, 6.07) is 7.56. The molecule has 0 radical (unpaired) electrons. The van der Waals surface area contributed by atoms with E-state index in [9.17, 15) is 9.59 Å². The fraction of sp³-hybridized carbons (Fsp3) is 0.500. The average molecular weight is 438 g/mol. The molecule has 0 spiro atoms. The summed E-state index contributed by atoms with van der Waals surface area (Å²) in [6.45, 7) is 7.87. The van der Waals surface area contributed by atoms with Gasteiger partial charge < -0.3 is 10.1 Å². The van der Waals surface area contributed by atoms with Gasteiger partial charge in [0.2, 0.25) is 5.91 Å². The Bertz CT molecular complexity index is 823. The zero-order valence-electron chi connectivity index (χ0n) is 20.2. The molecule has 0 saturated heterocycles. The summed E-state index contributed by atoms with van der Waals surface area (Å²) in [5.74, 6) is 2.24. The maximum atomic E-state index is 12.7. The minimum atomic E-state index is -0.0498. The zero-order valence-corrected chi connectivity index (χ0v) is 20.2. The van der Waals surface area contributed by atoms with Crippen LogP contribution in [-0.4, -0.2) is 11.7 Å². The number of ether oxygens (including phenoxy) is 1. The number of carbonyl (C=O) groups is 2. The SMILES string of the molecule is C/C=C\C(=C/C)Oc1ccc(/C=C(\NC(=O)CCC2CCCC2)C(=O)C2CC2)cc1.CC. The minimum Gasteiger partial charge on any atom is -0.458 e. The molecular weight excluding hydrogens is 398 g/mol. The number of rotatable bonds is 10. The van der Waals surface area contributed by atoms with E-state index in [-0.39, 0.29) is 17.6 Å². The Morgan fingerprint density at radius 3 is 2.25 bits per heavy atom. The normalized spacial score (nSPS) is 17.1. The largest absolute Gasteiger partial charge is 0.458 e. The number of nitrogens with one attached hydrogen (secondary N) is 1. The first kappa shape index (κ1) is 25.6. The molecule has 2 aliphatic carbocycles. The van der Waals surface area contributed by atoms with Crippen molar-refractivity contribution in [1.82, 2.24) is 5.32 Å². The van der Waals surface area contributed by atoms with Crippen molar-refractivity contribution in [2.24, 2.45) is 11.8 Å². The molecule has 32 heavy (non-hydrogen) atoms. The number of Topliss-reactive ketones (excluding diaryl/α,β-unsaturated/α-hetero) is 1. The van der Waals surface area contributed by atoms with E-state index in [1.54, 1.807) is 6.08 Å². The molecule has 0 aromatic heterocycles. The van der Waals surface area contributed by atoms with E-state index in [0.29, 0.717) is 18.0 Å². The standard InChI is InChI=1S/C26H33NO3.C2H6/c1-3-7-22(4-2)30-23-15-10-20(11-16-23)18-24(26(29)21-13-14-21)27-25(28)17-12-19-8-5-6-9-19;1-2/h3-4,7,10-11,15-16,18-19,21H,5-6,8-9,12-14,17H2,1-2H3,(H,27,28);1-2H3/b7-3-,22-4+,24-18-;. The van der Waals surface area contributed by atoms with Gasteiger partial charge in [0, 0.05) is 12.3 Å². The van der Waals surface area contributed by atoms with Gasteiger partial charge in [-0.3, -0.25) is 9.59 Å². The number of allylic oxidation sites excluding steroid dienone is 4. The molecule has 4 heteroatoms. The second-order valence-corrected chi connectivity index (χ2v) is 8.30. The van der Waals surface area contributed by atoms with Crippen molar-refractivity contribution in [2.75, 3.05) is 0 Å². The first-order valence-electron chi connectivity index (χ1n) is 12.2. The molecule has 1 N–H and O–H groups in total. The monoisotopic (exact) mass is 437 g/mol. The van der Waals surface area contributed by atoms with Crippen molar-refractivity contribution in [2.45, 2.75) is 79.1 Å². The Kier molecular flexibility index (Phi) is 11.0. The van der Waals surface area contributed by atoms with Gasteiger partial charge >= 0.3 is 0 Å². The van der Waals surface area contributed by atoms with Crippen molar-refractivity contribution in [3.8, 4) is 5.75 Å². The van der Waals surface area contributed by atoms with Gasteiger partial charge in [0.05, 0.1) is 5.70 Å². The molecular formula is C28H39NO3. The summed E-state index contributed by atoms with van der Waals surface area (Å²) in [7, 11) is 0. The molecule has 0 unspecified atom stereocenters. The predicted molar refractivity (Wildman–Crippen MR) is 132 cm³/mol. The van der Waals surface area contributed by atoms with Crippen LogP contribution in [0.4, 0.5) is 0 Å². The smallest absolute Gasteiger partial charge is 0.224 e. The third kappa shape index (κ3) is 8.49. The maximum absolute atomic E-state index is 12.7. The first-order valence-corrected chi connectivity index (χ1v) is 12.2. The van der Waals surface area contributed by atoms with Gasteiger partial charge in [0.1, 0.15) is 11.5 Å². The molecule has 1 aromatic rings. The first-order chi connectivity index (χ1) is 15.6. The van der Waals surface area contributed by atoms with Crippen LogP contribution < -0.4 is 10.1 Å². The van der Waals surface area contributed by atoms with E-state index >= 15 is 0 Å². The lowest BCUT2D eigenvalue weighted by molar-refractivity contribution is -0.123. The zero-order chi connectivity index (χ0) is 23.3. The fourth-order valence-electron chi connectivity index (χ4n) is 3.87. The van der Waals surface area contributed by atoms with Crippen LogP contribution in [0, 0.1) is 11.8 Å². The fourth-order valence-corrected chi connectivity index (χ4v) is 3.87. The predicted octanol–water partition coefficient (Wildman–Crippen LogP) is 6.98. The highest BCUT2D eigenvalue weighted by molar-refractivity contribution is 6.04. The summed E-state index contributed by atoms with van der Waals surface area (Å²) in [4.78, 5) is 25.2. The van der Waals surface area contributed by atoms with Crippen molar-refractivity contribution in [3.63, 3.8) is 0 Å². The molecule has 1 amide bonds. The van der Waals surface area contributed by atoms with Gasteiger partial charge in [0.25, 0.3) is 0 Å². The number of carbonyl (C=O) groups excluding carboxylic acids is 2. The molecule has 4 nitrogen and oxygen atoms in total. The van der Waals surface area contributed by atoms with Gasteiger partial charge in [-0.1, -0.05) is 57.7 Å². The second kappa shape index (κ2) is 13.7. The van der Waals surface area contributed by atoms with E-state index in [0.717, 1.165) is 36.3 Å². The maximum Gasteiger partial charge on any atom is 0.224 e. The van der Waals surface area contributed by atoms with Gasteiger partial charge in [-0.25, -0.2) is 0 Å². The van der Waals surface area contributed by atoms with E-state index in [2.05, 4.69) is 5.32 Å². The van der Waals surface area contributed by atoms with E-state index in [4.69, 9.17) is 4.74 Å². The third-order valence-corrected chi connectivity index (χ3v) is 5.78. The lowest BCUT2D eigenvalue weighted by atomic mass is 10.0. The number of hydrogen-bond acceptors (Lipinski definition) is 3. The molecule has 2 aliphatic rings. The topological polar surface area (TPSA) is 55.4 Å². The lowest BCUT2D eigenvalue weighted by Gasteiger charge is -2.12. The molecule has 0 aliphatic heterocycles. The van der Waals surface area contributed by atoms with Crippen LogP contribution in [-0.2, 0) is 9.59 Å². The van der Waals surface area contributed by atoms with Crippen LogP contribution in [0.3, 0.4) is 0 Å². The highest BCUT2D eigenvalue weighted by atomic mass is 16.5. The molecule has 1 aromatic carbocycles. The Morgan fingerprint density at radius 1 is 1.03 bits per heavy atom. The van der Waals surface area contributed by atoms with E-state index in [1.807, 2.05) is 70.2 Å². The van der Waals surface area contributed by atoms with Crippen LogP contribution in [0.5, 0.6) is 5.75 Å². The number of hydrogen-bond donors (Lipinski definition) is 1. The molecule has 2 saturated carbocycles. The summed E-state index contributed by atoms with van der Waals surface area (Å²) in [5.41, 5.74) is 1.29. The van der Waals surface area contributed by atoms with Crippen LogP contribution in [0.15, 0.2) is 53.9 Å². The highest BCUT2D eigenvalue weighted by Crippen LogP contribution is 2.32. The quantitative estimate of drug-likeness (QED) is 0.244. The van der Waals surface area contributed by atoms with Gasteiger partial charge in [0.15, 0.2) is 5.78 Å². The molecule has 174 valence electrons. The lowest BCUT2D eigenvalue weighted by Crippen LogP contribution is -2.28. The molecule has 0 heterocycles. The van der Waals surface area contributed by atoms with Crippen LogP contribution in [0.1, 0.15) is 84.6 Å². The Balaban J connectivity index is 0.00000176. The van der Waals surface area contributed by atoms with Gasteiger partial charge in [-0.2, -0.15) is 0 Å². The van der Waals surface area contributed by atoms with E-state index in [1.165, 1.54) is 25.7 Å². The summed E-state index contributed by atoms with van der Waals surface area (Å²) in [5, 5.41) is 2.91. The average Bonchev–Trinajstić information content (AvgIpc) is 3.54. The Hall–Kier alpha value is -2.62. The molecule has 2 fully saturated rings. The number of benzene rings is 1. The van der Waals surface area contributed by atoms with Crippen LogP contribution >= 0.6 is 0 Å². The van der Waals surface area contributed by atoms with Crippen molar-refractivity contribution < 1.29 is 14.3 Å². The second-order valence-electron chi connectivity index (χ2n) is 8.30. The van der Waals surface area contributed by atoms with Crippen molar-refractivity contribution >= 4 is 17.8 Å². The van der Waals surface area contributed by atoms with Crippen LogP contribution in [0.25, 0.3) is 6.08 Å². The van der Waals surface area contributed by atoms with Crippen molar-refractivity contribution in [1.29, 1.82) is 0 Å². The van der Waals surface area contributed by atoms with E-state index < -0.39 is 0 Å². The summed E-state index contributed by atoms with van der Waals surface area (Å²) < 4.78 is 5.82. The third-order valence-electron chi connectivity index (χ3n) is 5.78. The molecule has 3 rings (SSSR count). The van der Waals surface area contributed by atoms with Gasteiger partial charge in [-0.15, -0.1) is 0 Å². The summed E-state index contributed by atoms with van der Waals surface area (Å²) >= 11 is 0.